The minimum Gasteiger partial charge on any atom is -0.484 e. The summed E-state index contributed by atoms with van der Waals surface area (Å²) >= 11 is 0. The zero-order valence-corrected chi connectivity index (χ0v) is 12.9. The number of nitrogens with zero attached hydrogens (tertiary/aromatic N) is 1. The summed E-state index contributed by atoms with van der Waals surface area (Å²) in [6.45, 7) is 2.46. The number of aryl methyl sites for hydroxylation is 1. The molecule has 5 heteroatoms. The maximum Gasteiger partial charge on any atom is 0.257 e. The summed E-state index contributed by atoms with van der Waals surface area (Å²) in [6, 6.07) is 15.2. The Morgan fingerprint density at radius 2 is 1.96 bits per heavy atom. The van der Waals surface area contributed by atoms with Crippen molar-refractivity contribution < 1.29 is 13.9 Å². The van der Waals surface area contributed by atoms with Gasteiger partial charge >= 0.3 is 0 Å². The number of nitrogens with one attached hydrogen (secondary N) is 1. The molecule has 1 aromatic heterocycles. The predicted molar refractivity (Wildman–Crippen MR) is 87.4 cm³/mol. The average molecular weight is 310 g/mol. The highest BCUT2D eigenvalue weighted by molar-refractivity contribution is 5.77. The Hall–Kier alpha value is -2.82. The first-order valence-corrected chi connectivity index (χ1v) is 7.51. The zero-order valence-electron chi connectivity index (χ0n) is 12.9. The maximum atomic E-state index is 11.8. The number of aromatic nitrogens is 1. The van der Waals surface area contributed by atoms with E-state index in [9.17, 15) is 4.79 Å². The third-order valence-electron chi connectivity index (χ3n) is 3.39. The minimum absolute atomic E-state index is 0.00335. The van der Waals surface area contributed by atoms with Gasteiger partial charge in [-0.05, 0) is 31.2 Å². The number of carbonyl (C=O) groups is 1. The molecule has 2 aromatic carbocycles. The zero-order chi connectivity index (χ0) is 16.1. The molecule has 0 radical (unpaired) electrons. The largest absolute Gasteiger partial charge is 0.484 e. The quantitative estimate of drug-likeness (QED) is 0.760. The van der Waals surface area contributed by atoms with Crippen LogP contribution < -0.4 is 10.1 Å². The molecule has 3 aromatic rings. The van der Waals surface area contributed by atoms with Gasteiger partial charge < -0.3 is 14.5 Å². The van der Waals surface area contributed by atoms with E-state index in [1.807, 2.05) is 55.5 Å². The summed E-state index contributed by atoms with van der Waals surface area (Å²) in [6.07, 6.45) is 0.547. The van der Waals surface area contributed by atoms with Crippen LogP contribution >= 0.6 is 0 Å². The van der Waals surface area contributed by atoms with Crippen LogP contribution in [0.15, 0.2) is 52.9 Å². The van der Waals surface area contributed by atoms with E-state index in [1.54, 1.807) is 0 Å². The molecular formula is C18H18N2O3. The van der Waals surface area contributed by atoms with Crippen molar-refractivity contribution in [2.45, 2.75) is 13.3 Å². The minimum atomic E-state index is -0.165. The monoisotopic (exact) mass is 310 g/mol. The number of ether oxygens (including phenoxy) is 1. The SMILES string of the molecule is Cc1ccc(OCC(=O)NCCc2nc3ccccc3o2)cc1. The molecule has 0 aliphatic rings. The van der Waals surface area contributed by atoms with Gasteiger partial charge in [0, 0.05) is 13.0 Å². The summed E-state index contributed by atoms with van der Waals surface area (Å²) in [5.74, 6) is 1.14. The summed E-state index contributed by atoms with van der Waals surface area (Å²) in [5, 5.41) is 2.79. The Labute approximate surface area is 134 Å². The van der Waals surface area contributed by atoms with Gasteiger partial charge in [0.25, 0.3) is 5.91 Å². The molecule has 0 aliphatic heterocycles. The molecule has 1 heterocycles. The topological polar surface area (TPSA) is 64.4 Å². The van der Waals surface area contributed by atoms with Gasteiger partial charge in [-0.3, -0.25) is 4.79 Å². The second kappa shape index (κ2) is 6.96. The molecule has 0 fully saturated rings. The van der Waals surface area contributed by atoms with Crippen LogP contribution in [0.2, 0.25) is 0 Å². The smallest absolute Gasteiger partial charge is 0.257 e. The van der Waals surface area contributed by atoms with Crippen molar-refractivity contribution in [3.63, 3.8) is 0 Å². The number of hydrogen-bond donors (Lipinski definition) is 1. The Morgan fingerprint density at radius 3 is 2.74 bits per heavy atom. The molecule has 0 aliphatic carbocycles. The van der Waals surface area contributed by atoms with E-state index >= 15 is 0 Å². The van der Waals surface area contributed by atoms with Gasteiger partial charge in [0.2, 0.25) is 0 Å². The molecule has 0 atom stereocenters. The van der Waals surface area contributed by atoms with Crippen molar-refractivity contribution in [1.82, 2.24) is 10.3 Å². The second-order valence-electron chi connectivity index (χ2n) is 5.28. The molecule has 118 valence electrons. The van der Waals surface area contributed by atoms with Gasteiger partial charge in [0.1, 0.15) is 11.3 Å². The van der Waals surface area contributed by atoms with Crippen LogP contribution in [0, 0.1) is 6.92 Å². The first kappa shape index (κ1) is 15.1. The lowest BCUT2D eigenvalue weighted by Crippen LogP contribution is -2.30. The van der Waals surface area contributed by atoms with Gasteiger partial charge in [-0.25, -0.2) is 4.98 Å². The lowest BCUT2D eigenvalue weighted by molar-refractivity contribution is -0.123. The van der Waals surface area contributed by atoms with Gasteiger partial charge in [-0.1, -0.05) is 29.8 Å². The van der Waals surface area contributed by atoms with Gasteiger partial charge in [-0.2, -0.15) is 0 Å². The lowest BCUT2D eigenvalue weighted by atomic mass is 10.2. The van der Waals surface area contributed by atoms with Crippen LogP contribution in [-0.4, -0.2) is 24.0 Å². The fourth-order valence-corrected chi connectivity index (χ4v) is 2.17. The summed E-state index contributed by atoms with van der Waals surface area (Å²) in [5.41, 5.74) is 2.74. The van der Waals surface area contributed by atoms with Crippen molar-refractivity contribution >= 4 is 17.0 Å². The van der Waals surface area contributed by atoms with Crippen molar-refractivity contribution in [1.29, 1.82) is 0 Å². The standard InChI is InChI=1S/C18H18N2O3/c1-13-6-8-14(9-7-13)22-12-17(21)19-11-10-18-20-15-4-2-3-5-16(15)23-18/h2-9H,10-12H2,1H3,(H,19,21). The highest BCUT2D eigenvalue weighted by atomic mass is 16.5. The van der Waals surface area contributed by atoms with Crippen LogP contribution in [0.25, 0.3) is 11.1 Å². The van der Waals surface area contributed by atoms with E-state index in [4.69, 9.17) is 9.15 Å². The fourth-order valence-electron chi connectivity index (χ4n) is 2.17. The molecule has 0 saturated carbocycles. The third-order valence-corrected chi connectivity index (χ3v) is 3.39. The molecule has 5 nitrogen and oxygen atoms in total. The van der Waals surface area contributed by atoms with Crippen molar-refractivity contribution in [2.24, 2.45) is 0 Å². The molecule has 23 heavy (non-hydrogen) atoms. The highest BCUT2D eigenvalue weighted by Gasteiger charge is 2.06. The number of benzene rings is 2. The highest BCUT2D eigenvalue weighted by Crippen LogP contribution is 2.14. The van der Waals surface area contributed by atoms with E-state index in [0.717, 1.165) is 16.7 Å². The maximum absolute atomic E-state index is 11.8. The van der Waals surface area contributed by atoms with Gasteiger partial charge in [0.05, 0.1) is 0 Å². The number of para-hydroxylation sites is 2. The predicted octanol–water partition coefficient (Wildman–Crippen LogP) is 2.87. The van der Waals surface area contributed by atoms with Crippen LogP contribution in [0.1, 0.15) is 11.5 Å². The van der Waals surface area contributed by atoms with Crippen molar-refractivity contribution in [3.8, 4) is 5.75 Å². The molecule has 0 saturated heterocycles. The first-order chi connectivity index (χ1) is 11.2. The van der Waals surface area contributed by atoms with Crippen molar-refractivity contribution in [2.75, 3.05) is 13.2 Å². The summed E-state index contributed by atoms with van der Waals surface area (Å²) < 4.78 is 11.0. The number of carbonyl (C=O) groups excluding carboxylic acids is 1. The van der Waals surface area contributed by atoms with E-state index in [1.165, 1.54) is 0 Å². The van der Waals surface area contributed by atoms with E-state index in [2.05, 4.69) is 10.3 Å². The molecule has 1 amide bonds. The molecule has 1 N–H and O–H groups in total. The Kier molecular flexibility index (Phi) is 4.57. The first-order valence-electron chi connectivity index (χ1n) is 7.51. The summed E-state index contributed by atoms with van der Waals surface area (Å²) in [7, 11) is 0. The molecule has 0 unspecified atom stereocenters. The Morgan fingerprint density at radius 1 is 1.17 bits per heavy atom. The van der Waals surface area contributed by atoms with Crippen LogP contribution in [-0.2, 0) is 11.2 Å². The number of rotatable bonds is 6. The average Bonchev–Trinajstić information content (AvgIpc) is 2.97. The third kappa shape index (κ3) is 4.10. The number of oxazole rings is 1. The summed E-state index contributed by atoms with van der Waals surface area (Å²) in [4.78, 5) is 16.1. The molecule has 0 bridgehead atoms. The number of fused-ring (bicyclic) bond motifs is 1. The van der Waals surface area contributed by atoms with Crippen molar-refractivity contribution in [3.05, 3.63) is 60.0 Å². The lowest BCUT2D eigenvalue weighted by Gasteiger charge is -2.06. The number of hydrogen-bond acceptors (Lipinski definition) is 4. The van der Waals surface area contributed by atoms with Crippen LogP contribution in [0.3, 0.4) is 0 Å². The van der Waals surface area contributed by atoms with Crippen LogP contribution in [0.4, 0.5) is 0 Å². The van der Waals surface area contributed by atoms with Crippen LogP contribution in [0.5, 0.6) is 5.75 Å². The molecule has 3 rings (SSSR count). The Balaban J connectivity index is 1.43. The normalized spacial score (nSPS) is 10.7. The van der Waals surface area contributed by atoms with Gasteiger partial charge in [-0.15, -0.1) is 0 Å². The van der Waals surface area contributed by atoms with E-state index in [-0.39, 0.29) is 12.5 Å². The molecule has 0 spiro atoms. The fraction of sp³-hybridized carbons (Fsp3) is 0.222. The van der Waals surface area contributed by atoms with E-state index < -0.39 is 0 Å². The molecular weight excluding hydrogens is 292 g/mol. The second-order valence-corrected chi connectivity index (χ2v) is 5.28. The number of amides is 1. The van der Waals surface area contributed by atoms with E-state index in [0.29, 0.717) is 24.6 Å². The Bertz CT molecular complexity index is 760. The van der Waals surface area contributed by atoms with Gasteiger partial charge in [0.15, 0.2) is 18.1 Å².